The van der Waals surface area contributed by atoms with Crippen LogP contribution in [0, 0.1) is 6.92 Å². The predicted molar refractivity (Wildman–Crippen MR) is 133 cm³/mol. The molecule has 0 unspecified atom stereocenters. The minimum atomic E-state index is -1.04. The second-order valence-electron chi connectivity index (χ2n) is 8.84. The van der Waals surface area contributed by atoms with E-state index in [1.54, 1.807) is 44.4 Å². The molecular weight excluding hydrogens is 466 g/mol. The Balaban J connectivity index is 1.47. The molecule has 2 N–H and O–H groups in total. The number of hydrogen-bond donors (Lipinski definition) is 2. The minimum Gasteiger partial charge on any atom is -0.497 e. The first-order chi connectivity index (χ1) is 17.3. The maximum absolute atomic E-state index is 13.0. The molecule has 0 saturated carbocycles. The van der Waals surface area contributed by atoms with E-state index in [4.69, 9.17) is 14.2 Å². The molecule has 11 heteroatoms. The van der Waals surface area contributed by atoms with Gasteiger partial charge in [-0.25, -0.2) is 4.79 Å². The van der Waals surface area contributed by atoms with Crippen LogP contribution in [0.3, 0.4) is 0 Å². The molecule has 0 radical (unpaired) electrons. The van der Waals surface area contributed by atoms with Crippen LogP contribution < -0.4 is 34.9 Å². The number of piperidine rings is 1. The average molecular weight is 494 g/mol. The number of imide groups is 1. The van der Waals surface area contributed by atoms with Gasteiger partial charge in [0, 0.05) is 30.8 Å². The van der Waals surface area contributed by atoms with Gasteiger partial charge in [-0.15, -0.1) is 0 Å². The third kappa shape index (κ3) is 3.50. The highest BCUT2D eigenvalue weighted by Crippen LogP contribution is 2.39. The van der Waals surface area contributed by atoms with Crippen molar-refractivity contribution in [3.8, 4) is 17.2 Å². The van der Waals surface area contributed by atoms with Crippen molar-refractivity contribution < 1.29 is 23.8 Å². The molecule has 0 bridgehead atoms. The van der Waals surface area contributed by atoms with Crippen LogP contribution in [0.5, 0.6) is 17.2 Å². The van der Waals surface area contributed by atoms with Crippen LogP contribution in [0.2, 0.25) is 0 Å². The number of hydrogen-bond acceptors (Lipinski definition) is 8. The zero-order chi connectivity index (χ0) is 25.6. The lowest BCUT2D eigenvalue weighted by Gasteiger charge is -2.42. The number of rotatable bonds is 5. The molecular formula is C25H27N5O6. The summed E-state index contributed by atoms with van der Waals surface area (Å²) >= 11 is 0. The van der Waals surface area contributed by atoms with Crippen LogP contribution in [0.25, 0.3) is 10.9 Å². The summed E-state index contributed by atoms with van der Waals surface area (Å²) in [6, 6.07) is 8.33. The van der Waals surface area contributed by atoms with Gasteiger partial charge in [0.1, 0.15) is 11.3 Å². The summed E-state index contributed by atoms with van der Waals surface area (Å²) in [5, 5.41) is 2.90. The summed E-state index contributed by atoms with van der Waals surface area (Å²) in [7, 11) is 4.61. The van der Waals surface area contributed by atoms with E-state index in [-0.39, 0.29) is 11.5 Å². The summed E-state index contributed by atoms with van der Waals surface area (Å²) < 4.78 is 16.2. The summed E-state index contributed by atoms with van der Waals surface area (Å²) in [5.41, 5.74) is 0.376. The zero-order valence-corrected chi connectivity index (χ0v) is 20.5. The number of benzene rings is 2. The molecule has 2 saturated heterocycles. The lowest BCUT2D eigenvalue weighted by atomic mass is 9.85. The van der Waals surface area contributed by atoms with E-state index in [9.17, 15) is 14.4 Å². The molecule has 0 atom stereocenters. The van der Waals surface area contributed by atoms with E-state index in [1.165, 1.54) is 19.1 Å². The van der Waals surface area contributed by atoms with Crippen LogP contribution in [0.4, 0.5) is 16.4 Å². The van der Waals surface area contributed by atoms with Gasteiger partial charge in [-0.1, -0.05) is 6.07 Å². The Hall–Kier alpha value is -4.28. The highest BCUT2D eigenvalue weighted by molar-refractivity contribution is 6.17. The maximum Gasteiger partial charge on any atom is 0.329 e. The molecule has 5 rings (SSSR count). The van der Waals surface area contributed by atoms with Crippen molar-refractivity contribution in [1.82, 2.24) is 15.3 Å². The van der Waals surface area contributed by atoms with Gasteiger partial charge >= 0.3 is 6.03 Å². The molecule has 1 aromatic heterocycles. The summed E-state index contributed by atoms with van der Waals surface area (Å²) in [4.78, 5) is 49.8. The largest absolute Gasteiger partial charge is 0.497 e. The normalized spacial score (nSPS) is 17.0. The fraction of sp³-hybridized carbons (Fsp3) is 0.360. The number of H-pyrrole nitrogens is 1. The van der Waals surface area contributed by atoms with Crippen LogP contribution in [0.15, 0.2) is 35.1 Å². The van der Waals surface area contributed by atoms with E-state index in [2.05, 4.69) is 15.3 Å². The highest BCUT2D eigenvalue weighted by atomic mass is 16.5. The van der Waals surface area contributed by atoms with Crippen LogP contribution in [0.1, 0.15) is 18.4 Å². The number of fused-ring (bicyclic) bond motifs is 1. The number of carbonyl (C=O) groups excluding carboxylic acids is 2. The Labute approximate surface area is 207 Å². The molecule has 11 nitrogen and oxygen atoms in total. The first-order valence-corrected chi connectivity index (χ1v) is 11.5. The molecule has 3 heterocycles. The quantitative estimate of drug-likeness (QED) is 0.519. The van der Waals surface area contributed by atoms with Crippen LogP contribution >= 0.6 is 0 Å². The topological polar surface area (TPSA) is 126 Å². The molecule has 2 aliphatic rings. The Kier molecular flexibility index (Phi) is 5.70. The van der Waals surface area contributed by atoms with E-state index < -0.39 is 11.6 Å². The Bertz CT molecular complexity index is 1430. The molecule has 2 aliphatic heterocycles. The number of aromatic nitrogens is 2. The van der Waals surface area contributed by atoms with Gasteiger partial charge in [0.2, 0.25) is 5.95 Å². The van der Waals surface area contributed by atoms with Gasteiger partial charge in [-0.3, -0.25) is 19.8 Å². The fourth-order valence-electron chi connectivity index (χ4n) is 5.22. The van der Waals surface area contributed by atoms with Gasteiger partial charge in [0.25, 0.3) is 11.5 Å². The summed E-state index contributed by atoms with van der Waals surface area (Å²) in [6.07, 6.45) is 0.711. The van der Waals surface area contributed by atoms with E-state index in [1.807, 2.05) is 4.90 Å². The molecule has 188 valence electrons. The van der Waals surface area contributed by atoms with Crippen molar-refractivity contribution in [2.75, 3.05) is 44.2 Å². The molecule has 0 aliphatic carbocycles. The van der Waals surface area contributed by atoms with Crippen molar-refractivity contribution in [1.29, 1.82) is 0 Å². The number of amides is 3. The SMILES string of the molecule is COc1cccc(N2C(=O)NC(=O)C23CCN(c2nc(=O)c4c(C)c(OC)c(OC)cc4[nH]2)CC3)c1. The van der Waals surface area contributed by atoms with Crippen molar-refractivity contribution in [3.05, 3.63) is 46.2 Å². The number of nitrogens with one attached hydrogen (secondary N) is 2. The average Bonchev–Trinajstić information content (AvgIpc) is 3.12. The van der Waals surface area contributed by atoms with Crippen LogP contribution in [-0.4, -0.2) is 61.9 Å². The number of urea groups is 1. The lowest BCUT2D eigenvalue weighted by Crippen LogP contribution is -2.57. The van der Waals surface area contributed by atoms with Crippen molar-refractivity contribution >= 4 is 34.5 Å². The number of ether oxygens (including phenoxy) is 3. The number of aryl methyl sites for hydroxylation is 1. The predicted octanol–water partition coefficient (Wildman–Crippen LogP) is 2.35. The van der Waals surface area contributed by atoms with Crippen molar-refractivity contribution in [2.45, 2.75) is 25.3 Å². The van der Waals surface area contributed by atoms with E-state index in [0.717, 1.165) is 0 Å². The smallest absolute Gasteiger partial charge is 0.329 e. The monoisotopic (exact) mass is 493 g/mol. The van der Waals surface area contributed by atoms with Gasteiger partial charge < -0.3 is 24.1 Å². The molecule has 3 aromatic rings. The third-order valence-electron chi connectivity index (χ3n) is 7.05. The Morgan fingerprint density at radius 1 is 1.00 bits per heavy atom. The standard InChI is InChI=1S/C25H27N5O6/c1-14-19-17(13-18(35-3)20(14)36-4)26-23(27-21(19)31)29-10-8-25(9-11-29)22(32)28-24(33)30(25)15-6-5-7-16(12-15)34-2/h5-7,12-13H,8-11H2,1-4H3,(H,26,27,31)(H,28,32,33). The molecule has 3 amide bonds. The molecule has 36 heavy (non-hydrogen) atoms. The van der Waals surface area contributed by atoms with E-state index in [0.29, 0.717) is 71.3 Å². The maximum atomic E-state index is 13.0. The van der Waals surface area contributed by atoms with Gasteiger partial charge in [-0.05, 0) is 31.9 Å². The van der Waals surface area contributed by atoms with Crippen molar-refractivity contribution in [2.24, 2.45) is 0 Å². The van der Waals surface area contributed by atoms with Gasteiger partial charge in [-0.2, -0.15) is 4.98 Å². The molecule has 1 spiro atoms. The summed E-state index contributed by atoms with van der Waals surface area (Å²) in [5.74, 6) is 1.64. The third-order valence-corrected chi connectivity index (χ3v) is 7.05. The number of nitrogens with zero attached hydrogens (tertiary/aromatic N) is 3. The Morgan fingerprint density at radius 2 is 1.75 bits per heavy atom. The lowest BCUT2D eigenvalue weighted by molar-refractivity contribution is -0.124. The number of methoxy groups -OCH3 is 3. The molecule has 2 fully saturated rings. The number of carbonyl (C=O) groups is 2. The number of aromatic amines is 1. The van der Waals surface area contributed by atoms with Gasteiger partial charge in [0.15, 0.2) is 11.5 Å². The molecule has 2 aromatic carbocycles. The van der Waals surface area contributed by atoms with Crippen LogP contribution in [-0.2, 0) is 4.79 Å². The fourth-order valence-corrected chi connectivity index (χ4v) is 5.22. The minimum absolute atomic E-state index is 0.331. The second kappa shape index (κ2) is 8.74. The first kappa shape index (κ1) is 23.5. The second-order valence-corrected chi connectivity index (χ2v) is 8.84. The highest BCUT2D eigenvalue weighted by Gasteiger charge is 2.55. The number of anilines is 2. The zero-order valence-electron chi connectivity index (χ0n) is 20.5. The first-order valence-electron chi connectivity index (χ1n) is 11.5. The van der Waals surface area contributed by atoms with E-state index >= 15 is 0 Å². The Morgan fingerprint density at radius 3 is 2.42 bits per heavy atom. The van der Waals surface area contributed by atoms with Crippen molar-refractivity contribution in [3.63, 3.8) is 0 Å². The van der Waals surface area contributed by atoms with Gasteiger partial charge in [0.05, 0.1) is 37.9 Å². The summed E-state index contributed by atoms with van der Waals surface area (Å²) in [6.45, 7) is 2.59.